The third-order valence-electron chi connectivity index (χ3n) is 3.12. The molecule has 3 aromatic rings. The van der Waals surface area contributed by atoms with E-state index < -0.39 is 0 Å². The summed E-state index contributed by atoms with van der Waals surface area (Å²) in [4.78, 5) is 12.2. The molecule has 0 unspecified atom stereocenters. The maximum atomic E-state index is 12.2. The van der Waals surface area contributed by atoms with Crippen molar-refractivity contribution in [3.63, 3.8) is 0 Å². The molecule has 6 heteroatoms. The molecule has 0 radical (unpaired) electrons. The maximum absolute atomic E-state index is 12.2. The lowest BCUT2D eigenvalue weighted by molar-refractivity contribution is 0.102. The number of aromatic amines is 1. The quantitative estimate of drug-likeness (QED) is 0.778. The molecule has 2 N–H and O–H groups in total. The van der Waals surface area contributed by atoms with Crippen molar-refractivity contribution in [2.75, 3.05) is 12.4 Å². The SMILES string of the molecule is COc1ccc(C(=O)Nc2ccc3cn[nH]c3c2)c(Cl)c1. The highest BCUT2D eigenvalue weighted by molar-refractivity contribution is 6.34. The lowest BCUT2D eigenvalue weighted by Gasteiger charge is -2.08. The van der Waals surface area contributed by atoms with E-state index in [1.54, 1.807) is 31.5 Å². The fourth-order valence-corrected chi connectivity index (χ4v) is 2.28. The molecule has 0 spiro atoms. The summed E-state index contributed by atoms with van der Waals surface area (Å²) in [6.07, 6.45) is 1.72. The van der Waals surface area contributed by atoms with Gasteiger partial charge in [0.1, 0.15) is 5.75 Å². The number of anilines is 1. The first-order valence-electron chi connectivity index (χ1n) is 6.25. The predicted octanol–water partition coefficient (Wildman–Crippen LogP) is 3.48. The minimum absolute atomic E-state index is 0.276. The van der Waals surface area contributed by atoms with E-state index >= 15 is 0 Å². The Morgan fingerprint density at radius 3 is 2.90 bits per heavy atom. The van der Waals surface area contributed by atoms with Crippen molar-refractivity contribution in [1.29, 1.82) is 0 Å². The monoisotopic (exact) mass is 301 g/mol. The molecule has 0 aliphatic carbocycles. The van der Waals surface area contributed by atoms with Crippen LogP contribution in [0, 0.1) is 0 Å². The molecule has 106 valence electrons. The molecular formula is C15H12ClN3O2. The number of rotatable bonds is 3. The number of methoxy groups -OCH3 is 1. The zero-order chi connectivity index (χ0) is 14.8. The fourth-order valence-electron chi connectivity index (χ4n) is 2.02. The number of fused-ring (bicyclic) bond motifs is 1. The number of halogens is 1. The Hall–Kier alpha value is -2.53. The first-order chi connectivity index (χ1) is 10.2. The summed E-state index contributed by atoms with van der Waals surface area (Å²) in [5.74, 6) is 0.331. The van der Waals surface area contributed by atoms with Crippen molar-refractivity contribution in [1.82, 2.24) is 10.2 Å². The average Bonchev–Trinajstić information content (AvgIpc) is 2.94. The Morgan fingerprint density at radius 2 is 2.14 bits per heavy atom. The Balaban J connectivity index is 1.85. The molecule has 0 atom stereocenters. The molecule has 2 aromatic carbocycles. The van der Waals surface area contributed by atoms with Gasteiger partial charge in [0, 0.05) is 11.1 Å². The number of aromatic nitrogens is 2. The number of ether oxygens (including phenoxy) is 1. The van der Waals surface area contributed by atoms with Gasteiger partial charge >= 0.3 is 0 Å². The van der Waals surface area contributed by atoms with Crippen molar-refractivity contribution in [2.24, 2.45) is 0 Å². The van der Waals surface area contributed by atoms with Gasteiger partial charge in [0.25, 0.3) is 5.91 Å². The molecule has 5 nitrogen and oxygen atoms in total. The minimum Gasteiger partial charge on any atom is -0.497 e. The Labute approximate surface area is 125 Å². The second kappa shape index (κ2) is 5.46. The number of hydrogen-bond acceptors (Lipinski definition) is 3. The van der Waals surface area contributed by atoms with Gasteiger partial charge < -0.3 is 10.1 Å². The lowest BCUT2D eigenvalue weighted by Crippen LogP contribution is -2.12. The largest absolute Gasteiger partial charge is 0.497 e. The van der Waals surface area contributed by atoms with Gasteiger partial charge in [-0.05, 0) is 36.4 Å². The van der Waals surface area contributed by atoms with Crippen molar-refractivity contribution < 1.29 is 9.53 Å². The number of benzene rings is 2. The van der Waals surface area contributed by atoms with Gasteiger partial charge in [-0.25, -0.2) is 0 Å². The van der Waals surface area contributed by atoms with Crippen LogP contribution in [0.1, 0.15) is 10.4 Å². The summed E-state index contributed by atoms with van der Waals surface area (Å²) < 4.78 is 5.06. The normalized spacial score (nSPS) is 10.6. The average molecular weight is 302 g/mol. The minimum atomic E-state index is -0.276. The van der Waals surface area contributed by atoms with Gasteiger partial charge in [0.15, 0.2) is 0 Å². The number of nitrogens with one attached hydrogen (secondary N) is 2. The number of carbonyl (C=O) groups is 1. The number of H-pyrrole nitrogens is 1. The molecular weight excluding hydrogens is 290 g/mol. The first-order valence-corrected chi connectivity index (χ1v) is 6.63. The molecule has 0 bridgehead atoms. The van der Waals surface area contributed by atoms with E-state index in [9.17, 15) is 4.79 Å². The van der Waals surface area contributed by atoms with E-state index in [-0.39, 0.29) is 5.91 Å². The van der Waals surface area contributed by atoms with Crippen LogP contribution in [0.5, 0.6) is 5.75 Å². The second-order valence-corrected chi connectivity index (χ2v) is 4.88. The summed E-state index contributed by atoms with van der Waals surface area (Å²) in [5, 5.41) is 10.9. The highest BCUT2D eigenvalue weighted by Gasteiger charge is 2.12. The van der Waals surface area contributed by atoms with Gasteiger partial charge in [-0.1, -0.05) is 11.6 Å². The molecule has 1 heterocycles. The summed E-state index contributed by atoms with van der Waals surface area (Å²) in [5.41, 5.74) is 1.92. The van der Waals surface area contributed by atoms with Gasteiger partial charge in [0.05, 0.1) is 29.4 Å². The summed E-state index contributed by atoms with van der Waals surface area (Å²) in [7, 11) is 1.55. The molecule has 0 aliphatic heterocycles. The van der Waals surface area contributed by atoms with Crippen LogP contribution in [0.2, 0.25) is 5.02 Å². The van der Waals surface area contributed by atoms with Crippen LogP contribution in [-0.4, -0.2) is 23.2 Å². The summed E-state index contributed by atoms with van der Waals surface area (Å²) in [6, 6.07) is 10.4. The van der Waals surface area contributed by atoms with Crippen LogP contribution in [-0.2, 0) is 0 Å². The maximum Gasteiger partial charge on any atom is 0.257 e. The Morgan fingerprint density at radius 1 is 1.29 bits per heavy atom. The van der Waals surface area contributed by atoms with Gasteiger partial charge in [-0.15, -0.1) is 0 Å². The van der Waals surface area contributed by atoms with E-state index in [1.807, 2.05) is 18.2 Å². The second-order valence-electron chi connectivity index (χ2n) is 4.47. The molecule has 0 saturated carbocycles. The highest BCUT2D eigenvalue weighted by atomic mass is 35.5. The number of hydrogen-bond donors (Lipinski definition) is 2. The fraction of sp³-hybridized carbons (Fsp3) is 0.0667. The van der Waals surface area contributed by atoms with Crippen molar-refractivity contribution >= 4 is 34.1 Å². The smallest absolute Gasteiger partial charge is 0.257 e. The van der Waals surface area contributed by atoms with Crippen molar-refractivity contribution in [3.05, 3.63) is 53.2 Å². The van der Waals surface area contributed by atoms with Crippen LogP contribution >= 0.6 is 11.6 Å². The zero-order valence-corrected chi connectivity index (χ0v) is 11.9. The van der Waals surface area contributed by atoms with Crippen LogP contribution in [0.25, 0.3) is 10.9 Å². The third-order valence-corrected chi connectivity index (χ3v) is 3.43. The molecule has 3 rings (SSSR count). The number of carbonyl (C=O) groups excluding carboxylic acids is 1. The highest BCUT2D eigenvalue weighted by Crippen LogP contribution is 2.24. The van der Waals surface area contributed by atoms with Gasteiger partial charge in [0.2, 0.25) is 0 Å². The van der Waals surface area contributed by atoms with E-state index in [4.69, 9.17) is 16.3 Å². The first kappa shape index (κ1) is 13.5. The summed E-state index contributed by atoms with van der Waals surface area (Å²) >= 11 is 6.09. The van der Waals surface area contributed by atoms with Crippen molar-refractivity contribution in [2.45, 2.75) is 0 Å². The Kier molecular flexibility index (Phi) is 3.50. The van der Waals surface area contributed by atoms with Crippen LogP contribution < -0.4 is 10.1 Å². The molecule has 0 fully saturated rings. The number of amides is 1. The molecule has 21 heavy (non-hydrogen) atoms. The van der Waals surface area contributed by atoms with Gasteiger partial charge in [-0.2, -0.15) is 5.10 Å². The van der Waals surface area contributed by atoms with Crippen LogP contribution in [0.3, 0.4) is 0 Å². The van der Waals surface area contributed by atoms with E-state index in [1.165, 1.54) is 0 Å². The zero-order valence-electron chi connectivity index (χ0n) is 11.2. The molecule has 0 aliphatic rings. The predicted molar refractivity (Wildman–Crippen MR) is 82.1 cm³/mol. The van der Waals surface area contributed by atoms with Crippen molar-refractivity contribution in [3.8, 4) is 5.75 Å². The number of nitrogens with zero attached hydrogens (tertiary/aromatic N) is 1. The molecule has 1 amide bonds. The van der Waals surface area contributed by atoms with E-state index in [0.717, 1.165) is 10.9 Å². The third kappa shape index (κ3) is 2.68. The lowest BCUT2D eigenvalue weighted by atomic mass is 10.2. The Bertz CT molecular complexity index is 814. The van der Waals surface area contributed by atoms with E-state index in [2.05, 4.69) is 15.5 Å². The van der Waals surface area contributed by atoms with Crippen LogP contribution in [0.15, 0.2) is 42.6 Å². The standard InChI is InChI=1S/C15H12ClN3O2/c1-21-11-4-5-12(13(16)7-11)15(20)18-10-3-2-9-8-17-19-14(9)6-10/h2-8H,1H3,(H,17,19)(H,18,20). The van der Waals surface area contributed by atoms with Crippen LogP contribution in [0.4, 0.5) is 5.69 Å². The van der Waals surface area contributed by atoms with E-state index in [0.29, 0.717) is 22.0 Å². The van der Waals surface area contributed by atoms with Gasteiger partial charge in [-0.3, -0.25) is 9.89 Å². The topological polar surface area (TPSA) is 67.0 Å². The molecule has 0 saturated heterocycles. The molecule has 1 aromatic heterocycles. The summed E-state index contributed by atoms with van der Waals surface area (Å²) in [6.45, 7) is 0.